The summed E-state index contributed by atoms with van der Waals surface area (Å²) in [6.07, 6.45) is 0. The van der Waals surface area contributed by atoms with Crippen molar-refractivity contribution in [1.29, 1.82) is 0 Å². The Kier molecular flexibility index (Phi) is 10.8. The van der Waals surface area contributed by atoms with Gasteiger partial charge in [0.1, 0.15) is 11.2 Å². The number of hydrogen-bond donors (Lipinski definition) is 0. The molecule has 6 nitrogen and oxygen atoms in total. The maximum Gasteiger partial charge on any atom is 0.164 e. The zero-order chi connectivity index (χ0) is 53.4. The average molecular weight is 1030 g/mol. The molecule has 0 atom stereocenters. The Labute approximate surface area is 466 Å². The van der Waals surface area contributed by atoms with E-state index in [4.69, 9.17) is 19.4 Å². The summed E-state index contributed by atoms with van der Waals surface area (Å²) >= 11 is 0. The monoisotopic (exact) mass is 1030 g/mol. The lowest BCUT2D eigenvalue weighted by Gasteiger charge is -2.21. The van der Waals surface area contributed by atoms with Gasteiger partial charge in [0.15, 0.2) is 17.5 Å². The molecule has 0 N–H and O–H groups in total. The number of fused-ring (bicyclic) bond motifs is 10. The number of nitrogens with zero attached hydrogens (tertiary/aromatic N) is 5. The maximum absolute atomic E-state index is 7.21. The lowest BCUT2D eigenvalue weighted by Crippen LogP contribution is -2.04. The molecular weight excluding hydrogens is 987 g/mol. The lowest BCUT2D eigenvalue weighted by molar-refractivity contribution is 0.673. The van der Waals surface area contributed by atoms with E-state index in [0.717, 1.165) is 133 Å². The fourth-order valence-corrected chi connectivity index (χ4v) is 12.2. The average Bonchev–Trinajstić information content (AvgIpc) is 3.02. The number of hydrogen-bond acceptors (Lipinski definition) is 4. The van der Waals surface area contributed by atoms with Crippen molar-refractivity contribution in [2.45, 2.75) is 0 Å². The molecule has 0 aliphatic carbocycles. The van der Waals surface area contributed by atoms with Gasteiger partial charge in [-0.05, 0) is 94.0 Å². The molecule has 0 spiro atoms. The van der Waals surface area contributed by atoms with Crippen molar-refractivity contribution in [3.05, 3.63) is 285 Å². The minimum atomic E-state index is 0.571. The predicted molar refractivity (Wildman–Crippen MR) is 334 cm³/mol. The van der Waals surface area contributed by atoms with Crippen LogP contribution in [0.4, 0.5) is 0 Å². The van der Waals surface area contributed by atoms with Crippen LogP contribution in [0.2, 0.25) is 0 Å². The molecule has 81 heavy (non-hydrogen) atoms. The summed E-state index contributed by atoms with van der Waals surface area (Å²) < 4.78 is 12.0. The van der Waals surface area contributed by atoms with Crippen molar-refractivity contribution in [2.24, 2.45) is 0 Å². The highest BCUT2D eigenvalue weighted by Crippen LogP contribution is 2.47. The SMILES string of the molecule is c1ccc(-c2ccc(-c3nc(-c4ccc(-c5ccccc5)cc4)nc(-c4cc(-c5ccccc5)c(-n5c6ccccc6c6c7oc8cc9c%10ccccc%10n(-c%10ccccc%10)c9cc8c7ccc65)c(-c5ccccc5)c4)n3)cc2)cc1. The Morgan fingerprint density at radius 3 is 1.23 bits per heavy atom. The van der Waals surface area contributed by atoms with Crippen molar-refractivity contribution in [1.82, 2.24) is 24.1 Å². The molecule has 0 unspecified atom stereocenters. The standard InChI is InChI=1S/C75H47N5O/c1-6-20-48(21-7-1)50-34-38-54(39-35-50)73-76-74(55-40-36-51(37-41-55)49-22-8-2-9-23-49)78-75(77-73)56-44-61(52-24-10-3-11-25-52)71(62(45-56)53-26-12-4-13-27-53)80-66-33-19-17-31-60(66)70-67(80)43-42-59-64-46-68-63(47-69(64)81-72(59)70)58-30-16-18-32-65(58)79(68)57-28-14-5-15-29-57/h1-47H. The lowest BCUT2D eigenvalue weighted by atomic mass is 9.92. The fraction of sp³-hybridized carbons (Fsp3) is 0. The van der Waals surface area contributed by atoms with Gasteiger partial charge in [0, 0.05) is 60.4 Å². The number of para-hydroxylation sites is 3. The molecule has 16 rings (SSSR count). The van der Waals surface area contributed by atoms with Gasteiger partial charge in [-0.15, -0.1) is 0 Å². The Bertz CT molecular complexity index is 4890. The largest absolute Gasteiger partial charge is 0.455 e. The highest BCUT2D eigenvalue weighted by atomic mass is 16.3. The van der Waals surface area contributed by atoms with Gasteiger partial charge in [0.05, 0.1) is 33.1 Å². The van der Waals surface area contributed by atoms with E-state index in [9.17, 15) is 0 Å². The van der Waals surface area contributed by atoms with Crippen LogP contribution < -0.4 is 0 Å². The molecule has 378 valence electrons. The van der Waals surface area contributed by atoms with Crippen molar-refractivity contribution in [2.75, 3.05) is 0 Å². The van der Waals surface area contributed by atoms with Gasteiger partial charge in [-0.3, -0.25) is 0 Å². The second-order valence-electron chi connectivity index (χ2n) is 20.7. The number of benzene rings is 12. The van der Waals surface area contributed by atoms with Crippen molar-refractivity contribution in [3.63, 3.8) is 0 Å². The first-order valence-electron chi connectivity index (χ1n) is 27.4. The number of aromatic nitrogens is 5. The van der Waals surface area contributed by atoms with E-state index in [0.29, 0.717) is 17.5 Å². The molecule has 0 saturated heterocycles. The molecule has 4 heterocycles. The first kappa shape index (κ1) is 46.2. The van der Waals surface area contributed by atoms with E-state index in [1.54, 1.807) is 0 Å². The van der Waals surface area contributed by atoms with Crippen LogP contribution in [-0.4, -0.2) is 24.1 Å². The first-order valence-corrected chi connectivity index (χ1v) is 27.4. The smallest absolute Gasteiger partial charge is 0.164 e. The number of rotatable bonds is 9. The fourth-order valence-electron chi connectivity index (χ4n) is 12.2. The summed E-state index contributed by atoms with van der Waals surface area (Å²) in [6.45, 7) is 0. The molecule has 0 saturated carbocycles. The quantitative estimate of drug-likeness (QED) is 0.145. The maximum atomic E-state index is 7.21. The molecule has 4 aromatic heterocycles. The van der Waals surface area contributed by atoms with Crippen LogP contribution in [0.1, 0.15) is 0 Å². The third-order valence-electron chi connectivity index (χ3n) is 16.0. The molecule has 0 bridgehead atoms. The topological polar surface area (TPSA) is 61.7 Å². The van der Waals surface area contributed by atoms with Crippen molar-refractivity contribution in [3.8, 4) is 90.0 Å². The van der Waals surface area contributed by atoms with Gasteiger partial charge in [-0.25, -0.2) is 15.0 Å². The molecule has 16 aromatic rings. The normalized spacial score (nSPS) is 11.7. The molecule has 0 aliphatic heterocycles. The summed E-state index contributed by atoms with van der Waals surface area (Å²) in [6, 6.07) is 101. The van der Waals surface area contributed by atoms with E-state index in [1.165, 1.54) is 5.39 Å². The zero-order valence-corrected chi connectivity index (χ0v) is 43.8. The van der Waals surface area contributed by atoms with Crippen LogP contribution in [0.25, 0.3) is 156 Å². The molecule has 12 aromatic carbocycles. The van der Waals surface area contributed by atoms with E-state index in [1.807, 2.05) is 12.1 Å². The Morgan fingerprint density at radius 1 is 0.259 bits per heavy atom. The summed E-state index contributed by atoms with van der Waals surface area (Å²) in [7, 11) is 0. The van der Waals surface area contributed by atoms with E-state index < -0.39 is 0 Å². The highest BCUT2D eigenvalue weighted by Gasteiger charge is 2.26. The molecule has 0 fully saturated rings. The summed E-state index contributed by atoms with van der Waals surface area (Å²) in [5.74, 6) is 1.75. The van der Waals surface area contributed by atoms with Gasteiger partial charge >= 0.3 is 0 Å². The van der Waals surface area contributed by atoms with Crippen LogP contribution in [0.5, 0.6) is 0 Å². The summed E-state index contributed by atoms with van der Waals surface area (Å²) in [4.78, 5) is 16.0. The van der Waals surface area contributed by atoms with Crippen LogP contribution >= 0.6 is 0 Å². The van der Waals surface area contributed by atoms with Crippen molar-refractivity contribution >= 4 is 65.6 Å². The Morgan fingerprint density at radius 2 is 0.691 bits per heavy atom. The summed E-state index contributed by atoms with van der Waals surface area (Å²) in [5, 5.41) is 6.65. The Hall–Kier alpha value is -11.0. The zero-order valence-electron chi connectivity index (χ0n) is 43.8. The van der Waals surface area contributed by atoms with Crippen LogP contribution in [-0.2, 0) is 0 Å². The van der Waals surface area contributed by atoms with Crippen LogP contribution in [0, 0.1) is 0 Å². The molecule has 0 amide bonds. The van der Waals surface area contributed by atoms with E-state index in [-0.39, 0.29) is 0 Å². The van der Waals surface area contributed by atoms with Crippen LogP contribution in [0.3, 0.4) is 0 Å². The van der Waals surface area contributed by atoms with Gasteiger partial charge in [0.2, 0.25) is 0 Å². The molecular formula is C75H47N5O. The van der Waals surface area contributed by atoms with E-state index >= 15 is 0 Å². The summed E-state index contributed by atoms with van der Waals surface area (Å²) in [5.41, 5.74) is 19.6. The van der Waals surface area contributed by atoms with Gasteiger partial charge in [0.25, 0.3) is 0 Å². The molecule has 6 heteroatoms. The van der Waals surface area contributed by atoms with Gasteiger partial charge < -0.3 is 13.6 Å². The minimum absolute atomic E-state index is 0.571. The Balaban J connectivity index is 0.936. The molecule has 0 aliphatic rings. The highest BCUT2D eigenvalue weighted by molar-refractivity contribution is 6.26. The van der Waals surface area contributed by atoms with Gasteiger partial charge in [-0.2, -0.15) is 0 Å². The number of furan rings is 1. The minimum Gasteiger partial charge on any atom is -0.455 e. The third-order valence-corrected chi connectivity index (χ3v) is 16.0. The van der Waals surface area contributed by atoms with Crippen molar-refractivity contribution < 1.29 is 4.42 Å². The van der Waals surface area contributed by atoms with Gasteiger partial charge in [-0.1, -0.05) is 224 Å². The van der Waals surface area contributed by atoms with E-state index in [2.05, 4.69) is 282 Å². The third kappa shape index (κ3) is 7.76. The van der Waals surface area contributed by atoms with Crippen LogP contribution in [0.15, 0.2) is 290 Å². The predicted octanol–water partition coefficient (Wildman–Crippen LogP) is 19.6. The second-order valence-corrected chi connectivity index (χ2v) is 20.7. The first-order chi connectivity index (χ1) is 40.2. The molecule has 0 radical (unpaired) electrons. The second kappa shape index (κ2) is 18.9.